The minimum Gasteiger partial charge on any atom is -0.481 e. The van der Waals surface area contributed by atoms with Crippen molar-refractivity contribution in [2.75, 3.05) is 0 Å². The van der Waals surface area contributed by atoms with Crippen LogP contribution in [0.5, 0.6) is 0 Å². The van der Waals surface area contributed by atoms with Crippen LogP contribution >= 0.6 is 0 Å². The van der Waals surface area contributed by atoms with E-state index in [-0.39, 0.29) is 17.6 Å². The molecule has 1 aromatic carbocycles. The van der Waals surface area contributed by atoms with Crippen molar-refractivity contribution in [3.05, 3.63) is 70.5 Å². The number of hydrogen-bond donors (Lipinski definition) is 2. The first-order chi connectivity index (χ1) is 19.0. The number of carbonyl (C=O) groups is 1. The Balaban J connectivity index is 1.47. The predicted molar refractivity (Wildman–Crippen MR) is 147 cm³/mol. The fraction of sp³-hybridized carbons (Fsp3) is 0.448. The summed E-state index contributed by atoms with van der Waals surface area (Å²) in [6.45, 7) is 4.59. The molecule has 39 heavy (non-hydrogen) atoms. The van der Waals surface area contributed by atoms with Gasteiger partial charge in [-0.05, 0) is 48.4 Å². The molecule has 2 N–H and O–H groups in total. The molecule has 1 aliphatic rings. The van der Waals surface area contributed by atoms with Crippen molar-refractivity contribution in [3.63, 3.8) is 0 Å². The highest BCUT2D eigenvalue weighted by atomic mass is 16.4. The normalized spacial score (nSPS) is 19.6. The second-order valence-corrected chi connectivity index (χ2v) is 10.5. The van der Waals surface area contributed by atoms with Crippen molar-refractivity contribution in [3.8, 4) is 22.6 Å². The Labute approximate surface area is 227 Å². The molecule has 1 aliphatic carbocycles. The number of nitrogens with one attached hydrogen (secondary N) is 1. The molecule has 1 saturated carbocycles. The number of aromatic amines is 1. The lowest BCUT2D eigenvalue weighted by Crippen LogP contribution is -2.36. The number of aromatic nitrogens is 7. The first-order valence-corrected chi connectivity index (χ1v) is 13.8. The van der Waals surface area contributed by atoms with Crippen LogP contribution in [0.2, 0.25) is 0 Å². The van der Waals surface area contributed by atoms with Gasteiger partial charge in [0.25, 0.3) is 0 Å². The molecule has 0 amide bonds. The number of nitrogens with zero attached hydrogens (tertiary/aromatic N) is 6. The fourth-order valence-electron chi connectivity index (χ4n) is 5.83. The van der Waals surface area contributed by atoms with Crippen molar-refractivity contribution >= 4 is 5.97 Å². The number of carboxylic acids is 1. The average molecular weight is 530 g/mol. The van der Waals surface area contributed by atoms with Gasteiger partial charge in [-0.2, -0.15) is 5.21 Å². The number of aryl methyl sites for hydroxylation is 1. The number of pyridine rings is 1. The molecular formula is C29H35N7O3. The van der Waals surface area contributed by atoms with E-state index in [4.69, 9.17) is 4.98 Å². The van der Waals surface area contributed by atoms with Crippen LogP contribution in [-0.4, -0.2) is 45.8 Å². The largest absolute Gasteiger partial charge is 0.481 e. The van der Waals surface area contributed by atoms with Crippen molar-refractivity contribution in [2.45, 2.75) is 71.4 Å². The van der Waals surface area contributed by atoms with Crippen LogP contribution in [0.25, 0.3) is 22.6 Å². The standard InChI is InChI=1S/C29H35N7O3/c1-3-4-10-21-18-36(26-19(2)9-5-6-13-24(26)28(37)38)29(39)35(21)17-20-14-15-25(30-16-20)22-11-7-8-12-23(22)27-31-33-34-32-27/h7-8,11-12,14-16,18-19,24,26H,3-6,9-10,13,17H2,1-2H3,(H,37,38)(H,31,32,33,34). The van der Waals surface area contributed by atoms with Gasteiger partial charge >= 0.3 is 11.7 Å². The summed E-state index contributed by atoms with van der Waals surface area (Å²) in [6.07, 6.45) is 9.84. The Bertz CT molecular complexity index is 1460. The lowest BCUT2D eigenvalue weighted by molar-refractivity contribution is -0.144. The smallest absolute Gasteiger partial charge is 0.328 e. The molecule has 3 aromatic heterocycles. The van der Waals surface area contributed by atoms with Crippen molar-refractivity contribution in [1.29, 1.82) is 0 Å². The summed E-state index contributed by atoms with van der Waals surface area (Å²) in [5.41, 5.74) is 4.18. The van der Waals surface area contributed by atoms with E-state index in [1.165, 1.54) is 0 Å². The summed E-state index contributed by atoms with van der Waals surface area (Å²) in [4.78, 5) is 30.8. The molecule has 1 fully saturated rings. The maximum atomic E-state index is 13.8. The molecule has 3 heterocycles. The number of unbranched alkanes of at least 4 members (excludes halogenated alkanes) is 1. The Morgan fingerprint density at radius 3 is 2.62 bits per heavy atom. The van der Waals surface area contributed by atoms with E-state index in [1.807, 2.05) is 42.6 Å². The molecule has 10 nitrogen and oxygen atoms in total. The summed E-state index contributed by atoms with van der Waals surface area (Å²) >= 11 is 0. The Kier molecular flexibility index (Phi) is 7.99. The molecule has 5 rings (SSSR count). The van der Waals surface area contributed by atoms with Gasteiger partial charge in [0.05, 0.1) is 24.2 Å². The summed E-state index contributed by atoms with van der Waals surface area (Å²) in [5.74, 6) is -0.765. The SMILES string of the molecule is CCCCc1cn(C2C(C)CCCCC2C(=O)O)c(=O)n1Cc1ccc(-c2ccccc2-c2nn[nH]n2)nc1. The molecule has 3 unspecified atom stereocenters. The number of tetrazole rings is 1. The summed E-state index contributed by atoms with van der Waals surface area (Å²) < 4.78 is 3.53. The lowest BCUT2D eigenvalue weighted by atomic mass is 9.88. The molecule has 0 bridgehead atoms. The fourth-order valence-corrected chi connectivity index (χ4v) is 5.83. The van der Waals surface area contributed by atoms with Gasteiger partial charge in [-0.25, -0.2) is 4.79 Å². The molecule has 10 heteroatoms. The van der Waals surface area contributed by atoms with E-state index in [1.54, 1.807) is 15.3 Å². The number of hydrogen-bond acceptors (Lipinski definition) is 6. The van der Waals surface area contributed by atoms with Gasteiger partial charge in [0.15, 0.2) is 0 Å². The van der Waals surface area contributed by atoms with Crippen LogP contribution in [0, 0.1) is 11.8 Å². The van der Waals surface area contributed by atoms with Crippen LogP contribution in [0.1, 0.15) is 69.7 Å². The van der Waals surface area contributed by atoms with Crippen molar-refractivity contribution in [2.24, 2.45) is 11.8 Å². The molecule has 204 valence electrons. The van der Waals surface area contributed by atoms with Gasteiger partial charge in [0, 0.05) is 29.2 Å². The third-order valence-electron chi connectivity index (χ3n) is 7.89. The van der Waals surface area contributed by atoms with Gasteiger partial charge in [-0.3, -0.25) is 18.9 Å². The zero-order valence-electron chi connectivity index (χ0n) is 22.5. The Hall–Kier alpha value is -4.08. The minimum absolute atomic E-state index is 0.112. The lowest BCUT2D eigenvalue weighted by Gasteiger charge is -2.27. The number of aliphatic carboxylic acids is 1. The van der Waals surface area contributed by atoms with E-state index in [9.17, 15) is 14.7 Å². The quantitative estimate of drug-likeness (QED) is 0.300. The van der Waals surface area contributed by atoms with E-state index >= 15 is 0 Å². The molecular weight excluding hydrogens is 494 g/mol. The van der Waals surface area contributed by atoms with Crippen LogP contribution in [0.3, 0.4) is 0 Å². The number of rotatable bonds is 9. The van der Waals surface area contributed by atoms with Crippen LogP contribution in [0.15, 0.2) is 53.6 Å². The highest BCUT2D eigenvalue weighted by Gasteiger charge is 2.36. The van der Waals surface area contributed by atoms with E-state index < -0.39 is 11.9 Å². The second-order valence-electron chi connectivity index (χ2n) is 10.5. The summed E-state index contributed by atoms with van der Waals surface area (Å²) in [6, 6.07) is 11.3. The zero-order valence-corrected chi connectivity index (χ0v) is 22.5. The van der Waals surface area contributed by atoms with Gasteiger partial charge in [-0.15, -0.1) is 10.2 Å². The second kappa shape index (κ2) is 11.8. The van der Waals surface area contributed by atoms with Crippen LogP contribution < -0.4 is 5.69 Å². The van der Waals surface area contributed by atoms with Gasteiger partial charge in [-0.1, -0.05) is 63.4 Å². The molecule has 3 atom stereocenters. The first-order valence-electron chi connectivity index (χ1n) is 13.8. The van der Waals surface area contributed by atoms with Crippen molar-refractivity contribution < 1.29 is 9.90 Å². The number of H-pyrrole nitrogens is 1. The molecule has 4 aromatic rings. The zero-order chi connectivity index (χ0) is 27.4. The third-order valence-corrected chi connectivity index (χ3v) is 7.89. The monoisotopic (exact) mass is 529 g/mol. The van der Waals surface area contributed by atoms with Gasteiger partial charge in [0.2, 0.25) is 5.82 Å². The minimum atomic E-state index is -0.815. The summed E-state index contributed by atoms with van der Waals surface area (Å²) in [5, 5.41) is 24.4. The van der Waals surface area contributed by atoms with E-state index in [0.717, 1.165) is 66.6 Å². The predicted octanol–water partition coefficient (Wildman–Crippen LogP) is 4.73. The highest BCUT2D eigenvalue weighted by Crippen LogP contribution is 2.37. The maximum absolute atomic E-state index is 13.8. The highest BCUT2D eigenvalue weighted by molar-refractivity contribution is 5.78. The average Bonchev–Trinajstić information content (AvgIpc) is 3.53. The van der Waals surface area contributed by atoms with E-state index in [0.29, 0.717) is 18.8 Å². The molecule has 0 saturated heterocycles. The number of imidazole rings is 1. The molecule has 0 radical (unpaired) electrons. The van der Waals surface area contributed by atoms with Gasteiger partial charge in [0.1, 0.15) is 0 Å². The maximum Gasteiger partial charge on any atom is 0.328 e. The Morgan fingerprint density at radius 1 is 1.13 bits per heavy atom. The third kappa shape index (κ3) is 5.55. The van der Waals surface area contributed by atoms with Crippen molar-refractivity contribution in [1.82, 2.24) is 34.7 Å². The molecule has 0 spiro atoms. The number of benzene rings is 1. The van der Waals surface area contributed by atoms with E-state index in [2.05, 4.69) is 34.5 Å². The number of carboxylic acid groups (broad SMARTS) is 1. The first kappa shape index (κ1) is 26.5. The summed E-state index contributed by atoms with van der Waals surface area (Å²) in [7, 11) is 0. The van der Waals surface area contributed by atoms with Crippen LogP contribution in [0.4, 0.5) is 0 Å². The van der Waals surface area contributed by atoms with Gasteiger partial charge < -0.3 is 5.11 Å². The topological polar surface area (TPSA) is 132 Å². The van der Waals surface area contributed by atoms with Crippen LogP contribution in [-0.2, 0) is 17.8 Å². The Morgan fingerprint density at radius 2 is 1.92 bits per heavy atom. The molecule has 0 aliphatic heterocycles.